The third-order valence-electron chi connectivity index (χ3n) is 3.36. The van der Waals surface area contributed by atoms with Crippen LogP contribution in [0.4, 0.5) is 0 Å². The Morgan fingerprint density at radius 1 is 1.14 bits per heavy atom. The Morgan fingerprint density at radius 3 is 2.57 bits per heavy atom. The summed E-state index contributed by atoms with van der Waals surface area (Å²) in [5, 5.41) is 11.3. The predicted molar refractivity (Wildman–Crippen MR) is 80.7 cm³/mol. The van der Waals surface area contributed by atoms with Gasteiger partial charge in [-0.1, -0.05) is 47.2 Å². The molecule has 5 nitrogen and oxygen atoms in total. The van der Waals surface area contributed by atoms with Crippen molar-refractivity contribution < 1.29 is 4.79 Å². The van der Waals surface area contributed by atoms with Gasteiger partial charge in [0.15, 0.2) is 6.17 Å². The Kier molecular flexibility index (Phi) is 3.39. The first kappa shape index (κ1) is 13.3. The van der Waals surface area contributed by atoms with Gasteiger partial charge in [0.2, 0.25) is 5.91 Å². The molecule has 2 aromatic carbocycles. The zero-order valence-electron chi connectivity index (χ0n) is 11.9. The molecular formula is C16H16N4O. The van der Waals surface area contributed by atoms with Gasteiger partial charge in [-0.3, -0.25) is 4.79 Å². The Morgan fingerprint density at radius 2 is 1.86 bits per heavy atom. The number of hydrogen-bond acceptors (Lipinski definition) is 3. The van der Waals surface area contributed by atoms with E-state index in [1.807, 2.05) is 55.5 Å². The predicted octanol–water partition coefficient (Wildman–Crippen LogP) is 2.42. The Bertz CT molecular complexity index is 776. The fraction of sp³-hybridized carbons (Fsp3) is 0.188. The summed E-state index contributed by atoms with van der Waals surface area (Å²) in [5.74, 6) is -0.111. The van der Waals surface area contributed by atoms with Crippen molar-refractivity contribution in [1.82, 2.24) is 20.3 Å². The molecule has 1 amide bonds. The minimum absolute atomic E-state index is 0.111. The van der Waals surface area contributed by atoms with E-state index in [1.54, 1.807) is 4.68 Å². The van der Waals surface area contributed by atoms with Gasteiger partial charge >= 0.3 is 0 Å². The van der Waals surface area contributed by atoms with E-state index in [0.29, 0.717) is 0 Å². The van der Waals surface area contributed by atoms with Crippen LogP contribution in [0.25, 0.3) is 11.0 Å². The van der Waals surface area contributed by atoms with Crippen LogP contribution in [0.5, 0.6) is 0 Å². The second-order valence-corrected chi connectivity index (χ2v) is 5.04. The van der Waals surface area contributed by atoms with Gasteiger partial charge in [-0.2, -0.15) is 0 Å². The summed E-state index contributed by atoms with van der Waals surface area (Å²) < 4.78 is 1.74. The normalized spacial score (nSPS) is 12.3. The largest absolute Gasteiger partial charge is 0.331 e. The number of benzene rings is 2. The number of aryl methyl sites for hydroxylation is 1. The molecular weight excluding hydrogens is 264 g/mol. The van der Waals surface area contributed by atoms with Crippen molar-refractivity contribution >= 4 is 16.9 Å². The Hall–Kier alpha value is -2.69. The summed E-state index contributed by atoms with van der Waals surface area (Å²) in [6.07, 6.45) is -0.365. The molecule has 21 heavy (non-hydrogen) atoms. The van der Waals surface area contributed by atoms with Gasteiger partial charge in [-0.25, -0.2) is 4.68 Å². The van der Waals surface area contributed by atoms with E-state index in [9.17, 15) is 4.79 Å². The number of aromatic nitrogens is 3. The number of para-hydroxylation sites is 1. The molecule has 0 radical (unpaired) electrons. The average molecular weight is 280 g/mol. The fourth-order valence-electron chi connectivity index (χ4n) is 2.30. The highest BCUT2D eigenvalue weighted by Crippen LogP contribution is 2.20. The van der Waals surface area contributed by atoms with Crippen molar-refractivity contribution in [3.8, 4) is 0 Å². The zero-order valence-corrected chi connectivity index (χ0v) is 11.9. The first-order chi connectivity index (χ1) is 10.1. The first-order valence-corrected chi connectivity index (χ1v) is 6.79. The van der Waals surface area contributed by atoms with Crippen molar-refractivity contribution in [2.75, 3.05) is 0 Å². The lowest BCUT2D eigenvalue weighted by molar-refractivity contribution is -0.119. The van der Waals surface area contributed by atoms with Crippen LogP contribution in [0.2, 0.25) is 0 Å². The lowest BCUT2D eigenvalue weighted by Crippen LogP contribution is -2.32. The zero-order chi connectivity index (χ0) is 14.8. The first-order valence-electron chi connectivity index (χ1n) is 6.79. The lowest BCUT2D eigenvalue weighted by atomic mass is 10.1. The molecule has 0 fully saturated rings. The molecule has 0 bridgehead atoms. The molecule has 0 saturated carbocycles. The van der Waals surface area contributed by atoms with Crippen LogP contribution in [-0.2, 0) is 4.79 Å². The Labute approximate surface area is 122 Å². The number of amides is 1. The summed E-state index contributed by atoms with van der Waals surface area (Å²) in [6, 6.07) is 15.7. The van der Waals surface area contributed by atoms with E-state index in [2.05, 4.69) is 15.6 Å². The highest BCUT2D eigenvalue weighted by Gasteiger charge is 2.18. The van der Waals surface area contributed by atoms with Crippen LogP contribution in [0.3, 0.4) is 0 Å². The average Bonchev–Trinajstić information content (AvgIpc) is 2.89. The van der Waals surface area contributed by atoms with Crippen molar-refractivity contribution in [2.45, 2.75) is 20.0 Å². The van der Waals surface area contributed by atoms with E-state index in [4.69, 9.17) is 0 Å². The molecule has 3 aromatic rings. The minimum atomic E-state index is -0.365. The minimum Gasteiger partial charge on any atom is -0.331 e. The van der Waals surface area contributed by atoms with Crippen LogP contribution in [0.1, 0.15) is 24.2 Å². The number of rotatable bonds is 3. The van der Waals surface area contributed by atoms with Gasteiger partial charge in [0.1, 0.15) is 5.52 Å². The topological polar surface area (TPSA) is 59.8 Å². The van der Waals surface area contributed by atoms with Crippen molar-refractivity contribution in [2.24, 2.45) is 0 Å². The van der Waals surface area contributed by atoms with E-state index in [0.717, 1.165) is 16.6 Å². The number of nitrogens with zero attached hydrogens (tertiary/aromatic N) is 3. The Balaban J connectivity index is 2.11. The highest BCUT2D eigenvalue weighted by atomic mass is 16.1. The van der Waals surface area contributed by atoms with Crippen molar-refractivity contribution in [3.63, 3.8) is 0 Å². The van der Waals surface area contributed by atoms with E-state index in [1.165, 1.54) is 12.5 Å². The fourth-order valence-corrected chi connectivity index (χ4v) is 2.30. The number of nitrogens with one attached hydrogen (secondary N) is 1. The molecule has 5 heteroatoms. The third kappa shape index (κ3) is 2.63. The van der Waals surface area contributed by atoms with Gasteiger partial charge in [0.25, 0.3) is 0 Å². The van der Waals surface area contributed by atoms with Crippen LogP contribution >= 0.6 is 0 Å². The molecule has 1 aromatic heterocycles. The van der Waals surface area contributed by atoms with Crippen LogP contribution in [0, 0.1) is 6.92 Å². The quantitative estimate of drug-likeness (QED) is 0.801. The SMILES string of the molecule is CC(=O)N[C@@H](c1ccc(C)cc1)n1nnc2ccccc21. The lowest BCUT2D eigenvalue weighted by Gasteiger charge is -2.19. The van der Waals surface area contributed by atoms with Crippen LogP contribution < -0.4 is 5.32 Å². The van der Waals surface area contributed by atoms with Gasteiger partial charge in [-0.05, 0) is 24.6 Å². The van der Waals surface area contributed by atoms with Crippen molar-refractivity contribution in [1.29, 1.82) is 0 Å². The maximum absolute atomic E-state index is 11.6. The third-order valence-corrected chi connectivity index (χ3v) is 3.36. The summed E-state index contributed by atoms with van der Waals surface area (Å²) in [5.41, 5.74) is 3.83. The van der Waals surface area contributed by atoms with Gasteiger partial charge in [0, 0.05) is 6.92 Å². The van der Waals surface area contributed by atoms with E-state index < -0.39 is 0 Å². The monoisotopic (exact) mass is 280 g/mol. The molecule has 0 aliphatic heterocycles. The standard InChI is InChI=1S/C16H16N4O/c1-11-7-9-13(10-8-11)16(17-12(2)21)20-15-6-4-3-5-14(15)18-19-20/h3-10,16H,1-2H3,(H,17,21)/t16-/m1/s1. The molecule has 1 atom stereocenters. The molecule has 0 aliphatic carbocycles. The molecule has 3 rings (SSSR count). The molecule has 1 N–H and O–H groups in total. The smallest absolute Gasteiger partial charge is 0.218 e. The summed E-state index contributed by atoms with van der Waals surface area (Å²) >= 11 is 0. The summed E-state index contributed by atoms with van der Waals surface area (Å²) in [4.78, 5) is 11.6. The van der Waals surface area contributed by atoms with Crippen molar-refractivity contribution in [3.05, 3.63) is 59.7 Å². The molecule has 106 valence electrons. The second-order valence-electron chi connectivity index (χ2n) is 5.04. The highest BCUT2D eigenvalue weighted by molar-refractivity contribution is 5.76. The maximum Gasteiger partial charge on any atom is 0.218 e. The van der Waals surface area contributed by atoms with Crippen LogP contribution in [0.15, 0.2) is 48.5 Å². The molecule has 0 aliphatic rings. The number of fused-ring (bicyclic) bond motifs is 1. The summed E-state index contributed by atoms with van der Waals surface area (Å²) in [6.45, 7) is 3.53. The summed E-state index contributed by atoms with van der Waals surface area (Å²) in [7, 11) is 0. The number of hydrogen-bond donors (Lipinski definition) is 1. The molecule has 0 saturated heterocycles. The molecule has 0 spiro atoms. The van der Waals surface area contributed by atoms with Gasteiger partial charge in [-0.15, -0.1) is 5.10 Å². The van der Waals surface area contributed by atoms with E-state index >= 15 is 0 Å². The van der Waals surface area contributed by atoms with Gasteiger partial charge < -0.3 is 5.32 Å². The second kappa shape index (κ2) is 5.36. The molecule has 1 heterocycles. The number of carbonyl (C=O) groups excluding carboxylic acids is 1. The maximum atomic E-state index is 11.6. The van der Waals surface area contributed by atoms with E-state index in [-0.39, 0.29) is 12.1 Å². The van der Waals surface area contributed by atoms with Gasteiger partial charge in [0.05, 0.1) is 5.52 Å². The van der Waals surface area contributed by atoms with Crippen LogP contribution in [-0.4, -0.2) is 20.9 Å². The molecule has 0 unspecified atom stereocenters. The number of carbonyl (C=O) groups is 1.